The highest BCUT2D eigenvalue weighted by Gasteiger charge is 2.23. The third-order valence-corrected chi connectivity index (χ3v) is 5.92. The van der Waals surface area contributed by atoms with Crippen molar-refractivity contribution in [1.82, 2.24) is 24.6 Å². The molecule has 0 saturated heterocycles. The SMILES string of the molecule is CC(C)n1c(=O)c2cnc(Nc3ccc4c(c3)CNC4)cc2n1-c1cccc(C(C)(C)F)n1. The Balaban J connectivity index is 1.65. The molecule has 33 heavy (non-hydrogen) atoms. The quantitative estimate of drug-likeness (QED) is 0.464. The molecule has 0 spiro atoms. The second-order valence-electron chi connectivity index (χ2n) is 9.21. The van der Waals surface area contributed by atoms with Gasteiger partial charge in [0.15, 0.2) is 5.82 Å². The zero-order chi connectivity index (χ0) is 23.3. The first kappa shape index (κ1) is 21.3. The second-order valence-corrected chi connectivity index (χ2v) is 9.21. The number of aromatic nitrogens is 4. The summed E-state index contributed by atoms with van der Waals surface area (Å²) < 4.78 is 18.0. The number of halogens is 1. The zero-order valence-electron chi connectivity index (χ0n) is 19.2. The van der Waals surface area contributed by atoms with E-state index in [1.807, 2.05) is 26.0 Å². The third-order valence-electron chi connectivity index (χ3n) is 5.92. The summed E-state index contributed by atoms with van der Waals surface area (Å²) in [6, 6.07) is 13.2. The molecule has 0 atom stereocenters. The number of anilines is 2. The molecule has 0 fully saturated rings. The fourth-order valence-corrected chi connectivity index (χ4v) is 4.28. The fraction of sp³-hybridized carbons (Fsp3) is 0.320. The van der Waals surface area contributed by atoms with Crippen LogP contribution in [-0.4, -0.2) is 19.3 Å². The van der Waals surface area contributed by atoms with E-state index in [2.05, 4.69) is 32.7 Å². The van der Waals surface area contributed by atoms with Gasteiger partial charge in [-0.2, -0.15) is 0 Å². The average Bonchev–Trinajstić information content (AvgIpc) is 3.35. The number of nitrogens with one attached hydrogen (secondary N) is 2. The van der Waals surface area contributed by atoms with Gasteiger partial charge in [0.25, 0.3) is 5.56 Å². The van der Waals surface area contributed by atoms with Gasteiger partial charge in [0, 0.05) is 37.1 Å². The van der Waals surface area contributed by atoms with Gasteiger partial charge in [-0.05, 0) is 63.1 Å². The number of pyridine rings is 2. The number of benzene rings is 1. The fourth-order valence-electron chi connectivity index (χ4n) is 4.28. The Kier molecular flexibility index (Phi) is 5.05. The van der Waals surface area contributed by atoms with Gasteiger partial charge >= 0.3 is 0 Å². The molecular weight excluding hydrogens is 419 g/mol. The van der Waals surface area contributed by atoms with Gasteiger partial charge in [0.05, 0.1) is 16.6 Å². The standard InChI is InChI=1S/C25H27FN6O/c1-15(2)31-24(33)19-14-28-22(29-18-9-8-16-12-27-13-17(16)10-18)11-20(19)32(31)23-7-5-6-21(30-23)25(3,4)26/h5-11,14-15,27H,12-13H2,1-4H3,(H,28,29). The molecule has 0 saturated carbocycles. The van der Waals surface area contributed by atoms with Crippen molar-refractivity contribution in [1.29, 1.82) is 0 Å². The first-order valence-corrected chi connectivity index (χ1v) is 11.1. The molecule has 3 aromatic heterocycles. The number of fused-ring (bicyclic) bond motifs is 2. The van der Waals surface area contributed by atoms with Crippen LogP contribution >= 0.6 is 0 Å². The molecule has 0 unspecified atom stereocenters. The molecule has 0 aliphatic carbocycles. The van der Waals surface area contributed by atoms with Crippen molar-refractivity contribution >= 4 is 22.4 Å². The summed E-state index contributed by atoms with van der Waals surface area (Å²) >= 11 is 0. The van der Waals surface area contributed by atoms with Crippen molar-refractivity contribution in [3.05, 3.63) is 75.8 Å². The van der Waals surface area contributed by atoms with Gasteiger partial charge in [-0.15, -0.1) is 0 Å². The summed E-state index contributed by atoms with van der Waals surface area (Å²) in [5, 5.41) is 7.18. The van der Waals surface area contributed by atoms with Gasteiger partial charge in [-0.1, -0.05) is 12.1 Å². The van der Waals surface area contributed by atoms with Gasteiger partial charge in [-0.3, -0.25) is 4.79 Å². The lowest BCUT2D eigenvalue weighted by Crippen LogP contribution is -2.25. The van der Waals surface area contributed by atoms with Crippen LogP contribution in [0.3, 0.4) is 0 Å². The van der Waals surface area contributed by atoms with Crippen LogP contribution in [0.4, 0.5) is 15.9 Å². The summed E-state index contributed by atoms with van der Waals surface area (Å²) in [5.74, 6) is 1.10. The minimum atomic E-state index is -1.60. The van der Waals surface area contributed by atoms with E-state index in [1.54, 1.807) is 33.8 Å². The Hall–Kier alpha value is -3.52. The molecule has 0 bridgehead atoms. The van der Waals surface area contributed by atoms with Gasteiger partial charge in [0.2, 0.25) is 0 Å². The first-order chi connectivity index (χ1) is 15.7. The molecule has 1 aliphatic heterocycles. The molecule has 7 nitrogen and oxygen atoms in total. The molecule has 1 aliphatic rings. The van der Waals surface area contributed by atoms with E-state index in [0.29, 0.717) is 28.2 Å². The van der Waals surface area contributed by atoms with E-state index in [1.165, 1.54) is 25.0 Å². The monoisotopic (exact) mass is 446 g/mol. The lowest BCUT2D eigenvalue weighted by Gasteiger charge is -2.18. The van der Waals surface area contributed by atoms with E-state index in [4.69, 9.17) is 0 Å². The largest absolute Gasteiger partial charge is 0.340 e. The normalized spacial score (nSPS) is 13.6. The topological polar surface area (TPSA) is 76.8 Å². The molecule has 8 heteroatoms. The van der Waals surface area contributed by atoms with Crippen LogP contribution in [0.1, 0.15) is 50.6 Å². The summed E-state index contributed by atoms with van der Waals surface area (Å²) in [5.41, 5.74) is 2.71. The van der Waals surface area contributed by atoms with Crippen LogP contribution in [-0.2, 0) is 18.8 Å². The molecular formula is C25H27FN6O. The first-order valence-electron chi connectivity index (χ1n) is 11.1. The van der Waals surface area contributed by atoms with Gasteiger partial charge in [0.1, 0.15) is 11.5 Å². The predicted octanol–water partition coefficient (Wildman–Crippen LogP) is 4.71. The molecule has 2 N–H and O–H groups in total. The van der Waals surface area contributed by atoms with Crippen LogP contribution in [0.15, 0.2) is 53.5 Å². The summed E-state index contributed by atoms with van der Waals surface area (Å²) in [6.45, 7) is 8.55. The van der Waals surface area contributed by atoms with Crippen LogP contribution in [0.5, 0.6) is 0 Å². The summed E-state index contributed by atoms with van der Waals surface area (Å²) in [6.07, 6.45) is 1.59. The highest BCUT2D eigenvalue weighted by molar-refractivity contribution is 5.82. The van der Waals surface area contributed by atoms with Crippen LogP contribution < -0.4 is 16.2 Å². The summed E-state index contributed by atoms with van der Waals surface area (Å²) in [4.78, 5) is 22.3. The molecule has 170 valence electrons. The molecule has 4 aromatic rings. The maximum atomic E-state index is 14.6. The number of alkyl halides is 1. The lowest BCUT2D eigenvalue weighted by molar-refractivity contribution is 0.214. The smallest absolute Gasteiger partial charge is 0.276 e. The predicted molar refractivity (Wildman–Crippen MR) is 128 cm³/mol. The van der Waals surface area contributed by atoms with Crippen molar-refractivity contribution in [3.63, 3.8) is 0 Å². The van der Waals surface area contributed by atoms with E-state index in [-0.39, 0.29) is 11.6 Å². The Bertz CT molecular complexity index is 1410. The van der Waals surface area contributed by atoms with Crippen molar-refractivity contribution < 1.29 is 4.39 Å². The van der Waals surface area contributed by atoms with Crippen LogP contribution in [0.25, 0.3) is 16.7 Å². The number of rotatable bonds is 5. The highest BCUT2D eigenvalue weighted by atomic mass is 19.1. The Morgan fingerprint density at radius 3 is 2.67 bits per heavy atom. The van der Waals surface area contributed by atoms with Gasteiger partial charge < -0.3 is 10.6 Å². The van der Waals surface area contributed by atoms with Crippen molar-refractivity contribution in [2.45, 2.75) is 52.5 Å². The average molecular weight is 447 g/mol. The second kappa shape index (κ2) is 7.81. The number of hydrogen-bond donors (Lipinski definition) is 2. The Morgan fingerprint density at radius 1 is 1.12 bits per heavy atom. The van der Waals surface area contributed by atoms with E-state index in [9.17, 15) is 9.18 Å². The molecule has 1 aromatic carbocycles. The van der Waals surface area contributed by atoms with Crippen molar-refractivity contribution in [2.24, 2.45) is 0 Å². The Morgan fingerprint density at radius 2 is 1.91 bits per heavy atom. The molecule has 0 amide bonds. The minimum Gasteiger partial charge on any atom is -0.340 e. The molecule has 0 radical (unpaired) electrons. The Labute approximate surface area is 191 Å². The van der Waals surface area contributed by atoms with Crippen LogP contribution in [0.2, 0.25) is 0 Å². The van der Waals surface area contributed by atoms with E-state index < -0.39 is 5.67 Å². The van der Waals surface area contributed by atoms with E-state index >= 15 is 0 Å². The van der Waals surface area contributed by atoms with Crippen LogP contribution in [0, 0.1) is 0 Å². The highest BCUT2D eigenvalue weighted by Crippen LogP contribution is 2.27. The number of nitrogens with zero attached hydrogens (tertiary/aromatic N) is 4. The van der Waals surface area contributed by atoms with Crippen molar-refractivity contribution in [2.75, 3.05) is 5.32 Å². The van der Waals surface area contributed by atoms with Gasteiger partial charge in [-0.25, -0.2) is 23.7 Å². The van der Waals surface area contributed by atoms with E-state index in [0.717, 1.165) is 18.8 Å². The summed E-state index contributed by atoms with van der Waals surface area (Å²) in [7, 11) is 0. The van der Waals surface area contributed by atoms with Crippen molar-refractivity contribution in [3.8, 4) is 5.82 Å². The molecule has 5 rings (SSSR count). The molecule has 4 heterocycles. The minimum absolute atomic E-state index is 0.130. The lowest BCUT2D eigenvalue weighted by atomic mass is 10.1. The maximum Gasteiger partial charge on any atom is 0.276 e. The zero-order valence-corrected chi connectivity index (χ0v) is 19.2. The third kappa shape index (κ3) is 3.80. The number of hydrogen-bond acceptors (Lipinski definition) is 5. The maximum absolute atomic E-state index is 14.6.